The van der Waals surface area contributed by atoms with Crippen molar-refractivity contribution in [3.05, 3.63) is 54.1 Å². The molecule has 0 aromatic heterocycles. The summed E-state index contributed by atoms with van der Waals surface area (Å²) in [7, 11) is -2.15. The zero-order chi connectivity index (χ0) is 19.1. The van der Waals surface area contributed by atoms with E-state index in [2.05, 4.69) is 10.0 Å². The van der Waals surface area contributed by atoms with Gasteiger partial charge in [0, 0.05) is 19.6 Å². The summed E-state index contributed by atoms with van der Waals surface area (Å²) < 4.78 is 33.8. The molecule has 1 amide bonds. The van der Waals surface area contributed by atoms with Gasteiger partial charge in [0.2, 0.25) is 0 Å². The minimum absolute atomic E-state index is 0.162. The van der Waals surface area contributed by atoms with Crippen LogP contribution in [0.1, 0.15) is 16.8 Å². The molecule has 2 heterocycles. The van der Waals surface area contributed by atoms with Crippen molar-refractivity contribution >= 4 is 22.0 Å². The molecule has 2 aromatic rings. The maximum atomic E-state index is 13.0. The number of fused-ring (bicyclic) bond motifs is 1. The Morgan fingerprint density at radius 2 is 1.96 bits per heavy atom. The number of amides is 1. The van der Waals surface area contributed by atoms with Crippen LogP contribution in [-0.2, 0) is 14.6 Å². The summed E-state index contributed by atoms with van der Waals surface area (Å²) in [6, 6.07) is 13.9. The van der Waals surface area contributed by atoms with Crippen LogP contribution < -0.4 is 14.8 Å². The van der Waals surface area contributed by atoms with Crippen LogP contribution in [0.3, 0.4) is 0 Å². The van der Waals surface area contributed by atoms with Crippen molar-refractivity contribution in [3.63, 3.8) is 0 Å². The lowest BCUT2D eigenvalue weighted by molar-refractivity contribution is 0.0779. The van der Waals surface area contributed by atoms with Gasteiger partial charge in [0.1, 0.15) is 5.75 Å². The number of sulfonamides is 1. The predicted octanol–water partition coefficient (Wildman–Crippen LogP) is 1.90. The molecule has 2 N–H and O–H groups in total. The fourth-order valence-electron chi connectivity index (χ4n) is 3.75. The Morgan fingerprint density at radius 1 is 1.22 bits per heavy atom. The van der Waals surface area contributed by atoms with Crippen LogP contribution in [0.5, 0.6) is 5.75 Å². The molecule has 2 unspecified atom stereocenters. The smallest absolute Gasteiger partial charge is 0.257 e. The van der Waals surface area contributed by atoms with E-state index in [1.54, 1.807) is 47.4 Å². The summed E-state index contributed by atoms with van der Waals surface area (Å²) in [5.74, 6) is 0.348. The van der Waals surface area contributed by atoms with Gasteiger partial charge in [-0.3, -0.25) is 4.79 Å². The summed E-state index contributed by atoms with van der Waals surface area (Å²) in [5, 5.41) is 3.23. The number of para-hydroxylation sites is 2. The van der Waals surface area contributed by atoms with E-state index >= 15 is 0 Å². The number of carbonyl (C=O) groups is 1. The topological polar surface area (TPSA) is 93.7 Å². The molecule has 0 bridgehead atoms. The molecule has 1 spiro atoms. The van der Waals surface area contributed by atoms with Gasteiger partial charge in [-0.05, 0) is 30.7 Å². The zero-order valence-electron chi connectivity index (χ0n) is 14.9. The average Bonchev–Trinajstić information content (AvgIpc) is 3.04. The summed E-state index contributed by atoms with van der Waals surface area (Å²) in [6.45, 7) is 1.18. The van der Waals surface area contributed by atoms with Crippen LogP contribution in [0.4, 0.5) is 5.69 Å². The second-order valence-corrected chi connectivity index (χ2v) is 8.56. The lowest BCUT2D eigenvalue weighted by Gasteiger charge is -2.29. The van der Waals surface area contributed by atoms with Gasteiger partial charge in [-0.1, -0.05) is 28.5 Å². The van der Waals surface area contributed by atoms with Crippen LogP contribution in [0.25, 0.3) is 0 Å². The fraction of sp³-hybridized carbons (Fsp3) is 0.316. The summed E-state index contributed by atoms with van der Waals surface area (Å²) in [6.07, 6.45) is 0.536. The van der Waals surface area contributed by atoms with Crippen LogP contribution in [0.2, 0.25) is 0 Å². The van der Waals surface area contributed by atoms with E-state index in [4.69, 9.17) is 4.74 Å². The minimum atomic E-state index is -3.67. The average molecular weight is 387 g/mol. The van der Waals surface area contributed by atoms with Crippen LogP contribution in [0.15, 0.2) is 53.4 Å². The highest BCUT2D eigenvalue weighted by molar-refractivity contribution is 7.96. The number of nitrogens with one attached hydrogen (secondary N) is 2. The van der Waals surface area contributed by atoms with Crippen molar-refractivity contribution in [1.29, 1.82) is 0 Å². The largest absolute Gasteiger partial charge is 0.593 e. The first kappa shape index (κ1) is 18.0. The number of ether oxygens (including phenoxy) is 1. The number of nitrogens with zero attached hydrogens (tertiary/aromatic N) is 1. The molecule has 27 heavy (non-hydrogen) atoms. The molecule has 8 heteroatoms. The summed E-state index contributed by atoms with van der Waals surface area (Å²) in [5.41, 5.74) is 0.316. The van der Waals surface area contributed by atoms with Crippen LogP contribution in [-0.4, -0.2) is 47.6 Å². The van der Waals surface area contributed by atoms with Gasteiger partial charge in [0.25, 0.3) is 5.91 Å². The maximum Gasteiger partial charge on any atom is 0.257 e. The lowest BCUT2D eigenvalue weighted by atomic mass is 10.00. The van der Waals surface area contributed by atoms with E-state index in [1.807, 2.05) is 6.07 Å². The highest BCUT2D eigenvalue weighted by Crippen LogP contribution is 2.34. The van der Waals surface area contributed by atoms with Gasteiger partial charge in [0.15, 0.2) is 15.3 Å². The van der Waals surface area contributed by atoms with Crippen molar-refractivity contribution in [3.8, 4) is 5.75 Å². The molecule has 1 saturated heterocycles. The van der Waals surface area contributed by atoms with Gasteiger partial charge >= 0.3 is 0 Å². The van der Waals surface area contributed by atoms with E-state index in [0.717, 1.165) is 0 Å². The molecule has 4 rings (SSSR count). The SMILES string of the molecule is COc1ccccc1C(=O)N1CCC2(CNc3ccccc3[S+](=O)([O-])N2)C1. The highest BCUT2D eigenvalue weighted by Gasteiger charge is 2.48. The molecule has 7 nitrogen and oxygen atoms in total. The first-order chi connectivity index (χ1) is 12.9. The van der Waals surface area contributed by atoms with Gasteiger partial charge in [0.05, 0.1) is 23.9 Å². The van der Waals surface area contributed by atoms with E-state index in [0.29, 0.717) is 43.1 Å². The van der Waals surface area contributed by atoms with Crippen molar-refractivity contribution in [2.45, 2.75) is 16.9 Å². The Labute approximate surface area is 159 Å². The van der Waals surface area contributed by atoms with Gasteiger partial charge in [-0.25, -0.2) is 0 Å². The first-order valence-corrected chi connectivity index (χ1v) is 10.2. The Kier molecular flexibility index (Phi) is 4.41. The van der Waals surface area contributed by atoms with Gasteiger partial charge in [-0.15, -0.1) is 4.72 Å². The van der Waals surface area contributed by atoms with E-state index in [-0.39, 0.29) is 10.8 Å². The van der Waals surface area contributed by atoms with Gasteiger partial charge in [-0.2, -0.15) is 0 Å². The van der Waals surface area contributed by atoms with E-state index in [9.17, 15) is 13.6 Å². The van der Waals surface area contributed by atoms with E-state index < -0.39 is 15.9 Å². The Balaban J connectivity index is 1.59. The maximum absolute atomic E-state index is 13.0. The molecule has 2 atom stereocenters. The quantitative estimate of drug-likeness (QED) is 0.768. The Hall–Kier alpha value is -2.42. The van der Waals surface area contributed by atoms with Crippen molar-refractivity contribution < 1.29 is 18.3 Å². The molecule has 1 fully saturated rings. The monoisotopic (exact) mass is 387 g/mol. The number of hydrogen-bond acceptors (Lipinski definition) is 5. The van der Waals surface area contributed by atoms with Gasteiger partial charge < -0.3 is 19.5 Å². The fourth-order valence-corrected chi connectivity index (χ4v) is 5.36. The molecule has 0 radical (unpaired) electrons. The minimum Gasteiger partial charge on any atom is -0.593 e. The molecule has 2 aliphatic rings. The first-order valence-electron chi connectivity index (χ1n) is 8.73. The lowest BCUT2D eigenvalue weighted by Crippen LogP contribution is -2.55. The molecule has 2 aliphatic heterocycles. The number of anilines is 1. The molecule has 0 saturated carbocycles. The zero-order valence-corrected chi connectivity index (χ0v) is 15.8. The van der Waals surface area contributed by atoms with Crippen molar-refractivity contribution in [2.24, 2.45) is 0 Å². The molecule has 142 valence electrons. The van der Waals surface area contributed by atoms with Crippen molar-refractivity contribution in [2.75, 3.05) is 32.1 Å². The number of carbonyl (C=O) groups excluding carboxylic acids is 1. The second-order valence-electron chi connectivity index (χ2n) is 6.91. The third kappa shape index (κ3) is 3.20. The Bertz CT molecular complexity index is 935. The predicted molar refractivity (Wildman–Crippen MR) is 101 cm³/mol. The number of hydrogen-bond donors (Lipinski definition) is 2. The summed E-state index contributed by atoms with van der Waals surface area (Å²) in [4.78, 5) is 14.9. The number of methoxy groups -OCH3 is 1. The van der Waals surface area contributed by atoms with Crippen molar-refractivity contribution in [1.82, 2.24) is 9.62 Å². The highest BCUT2D eigenvalue weighted by atomic mass is 32.3. The summed E-state index contributed by atoms with van der Waals surface area (Å²) >= 11 is 0. The number of likely N-dealkylation sites (tertiary alicyclic amines) is 1. The Morgan fingerprint density at radius 3 is 2.78 bits per heavy atom. The molecular weight excluding hydrogens is 366 g/mol. The number of benzene rings is 2. The molecule has 2 aromatic carbocycles. The standard InChI is InChI=1S/C19H21N3O4S/c1-26-16-8-4-2-6-14(16)18(23)22-11-10-19(13-22)12-20-15-7-3-5-9-17(15)27(24,25)21-19/h2-9H,10-13H2,1H3,(H2-,20,21,24,25). The third-order valence-corrected chi connectivity index (χ3v) is 6.76. The number of rotatable bonds is 2. The molecular formula is C19H21N3O4S. The normalized spacial score (nSPS) is 27.0. The van der Waals surface area contributed by atoms with Crippen LogP contribution >= 0.6 is 0 Å². The second kappa shape index (κ2) is 6.63. The van der Waals surface area contributed by atoms with E-state index in [1.165, 1.54) is 7.11 Å². The molecule has 0 aliphatic carbocycles. The van der Waals surface area contributed by atoms with Crippen LogP contribution in [0, 0.1) is 0 Å². The third-order valence-electron chi connectivity index (χ3n) is 5.12.